The van der Waals surface area contributed by atoms with Gasteiger partial charge in [0.25, 0.3) is 0 Å². The lowest BCUT2D eigenvalue weighted by atomic mass is 10.7. The van der Waals surface area contributed by atoms with E-state index >= 15 is 0 Å². The molecule has 0 bridgehead atoms. The normalized spacial score (nSPS) is 6.57. The fraction of sp³-hybridized carbons (Fsp3) is 0.667. The number of hydrogen-bond donors (Lipinski definition) is 2. The predicted octanol–water partition coefficient (Wildman–Crippen LogP) is -0.00943. The largest absolute Gasteiger partial charge is 0.484 e. The molecule has 0 heterocycles. The maximum atomic E-state index is 6.64. The quantitative estimate of drug-likeness (QED) is 0.382. The maximum absolute atomic E-state index is 6.64. The smallest absolute Gasteiger partial charge is 0.194 e. The molecular formula is C3H9ClN2O. The molecule has 0 radical (unpaired) electrons. The van der Waals surface area contributed by atoms with Crippen LogP contribution >= 0.6 is 12.4 Å². The van der Waals surface area contributed by atoms with E-state index in [9.17, 15) is 0 Å². The van der Waals surface area contributed by atoms with Gasteiger partial charge in [-0.2, -0.15) is 0 Å². The van der Waals surface area contributed by atoms with Crippen LogP contribution in [0.25, 0.3) is 0 Å². The van der Waals surface area contributed by atoms with Crippen LogP contribution in [0.15, 0.2) is 0 Å². The monoisotopic (exact) mass is 124 g/mol. The minimum absolute atomic E-state index is 0. The molecule has 0 amide bonds. The van der Waals surface area contributed by atoms with Crippen LogP contribution in [0.2, 0.25) is 0 Å². The van der Waals surface area contributed by atoms with E-state index in [1.165, 1.54) is 7.11 Å². The topological polar surface area (TPSA) is 59.1 Å². The second-order valence-electron chi connectivity index (χ2n) is 0.831. The van der Waals surface area contributed by atoms with Crippen molar-refractivity contribution in [2.45, 2.75) is 0 Å². The fourth-order valence-electron chi connectivity index (χ4n) is 0.0833. The van der Waals surface area contributed by atoms with E-state index in [2.05, 4.69) is 4.74 Å². The van der Waals surface area contributed by atoms with Gasteiger partial charge in [0, 0.05) is 0 Å². The third-order valence-corrected chi connectivity index (χ3v) is 0.432. The molecule has 44 valence electrons. The molecule has 7 heavy (non-hydrogen) atoms. The van der Waals surface area contributed by atoms with Gasteiger partial charge in [0.2, 0.25) is 0 Å². The molecule has 0 aromatic carbocycles. The number of halogens is 1. The first-order valence-electron chi connectivity index (χ1n) is 1.62. The number of methoxy groups -OCH3 is 1. The van der Waals surface area contributed by atoms with Gasteiger partial charge in [-0.1, -0.05) is 0 Å². The minimum Gasteiger partial charge on any atom is -0.484 e. The van der Waals surface area contributed by atoms with Crippen molar-refractivity contribution in [2.24, 2.45) is 5.73 Å². The van der Waals surface area contributed by atoms with Crippen molar-refractivity contribution in [3.63, 3.8) is 0 Å². The molecule has 4 heteroatoms. The molecule has 0 saturated carbocycles. The predicted molar refractivity (Wildman–Crippen MR) is 31.0 cm³/mol. The molecule has 0 saturated heterocycles. The summed E-state index contributed by atoms with van der Waals surface area (Å²) in [5, 5.41) is 6.64. The van der Waals surface area contributed by atoms with Gasteiger partial charge in [-0.05, 0) is 0 Å². The summed E-state index contributed by atoms with van der Waals surface area (Å²) in [7, 11) is 1.43. The van der Waals surface area contributed by atoms with Gasteiger partial charge < -0.3 is 10.5 Å². The summed E-state index contributed by atoms with van der Waals surface area (Å²) in [4.78, 5) is 0. The van der Waals surface area contributed by atoms with Crippen LogP contribution in [0.4, 0.5) is 0 Å². The van der Waals surface area contributed by atoms with Gasteiger partial charge in [-0.3, -0.25) is 5.41 Å². The average Bonchev–Trinajstić information content (AvgIpc) is 1.65. The van der Waals surface area contributed by atoms with Crippen LogP contribution < -0.4 is 5.73 Å². The highest BCUT2D eigenvalue weighted by atomic mass is 35.5. The molecule has 0 atom stereocenters. The molecule has 0 aliphatic carbocycles. The number of ether oxygens (including phenoxy) is 1. The van der Waals surface area contributed by atoms with Crippen molar-refractivity contribution >= 4 is 18.3 Å². The highest BCUT2D eigenvalue weighted by molar-refractivity contribution is 5.85. The summed E-state index contributed by atoms with van der Waals surface area (Å²) in [6.45, 7) is 0.191. The average molecular weight is 125 g/mol. The number of hydrogen-bond acceptors (Lipinski definition) is 3. The van der Waals surface area contributed by atoms with Crippen LogP contribution in [0.1, 0.15) is 0 Å². The van der Waals surface area contributed by atoms with E-state index in [-0.39, 0.29) is 24.8 Å². The molecule has 3 N–H and O–H groups in total. The van der Waals surface area contributed by atoms with Crippen LogP contribution in [0.5, 0.6) is 0 Å². The van der Waals surface area contributed by atoms with Crippen molar-refractivity contribution in [3.8, 4) is 0 Å². The van der Waals surface area contributed by atoms with Crippen LogP contribution in [0.3, 0.4) is 0 Å². The lowest BCUT2D eigenvalue weighted by Gasteiger charge is -1.92. The Labute approximate surface area is 48.8 Å². The molecule has 0 unspecified atom stereocenters. The molecule has 0 aromatic rings. The van der Waals surface area contributed by atoms with Crippen molar-refractivity contribution in [3.05, 3.63) is 0 Å². The van der Waals surface area contributed by atoms with Gasteiger partial charge >= 0.3 is 0 Å². The Morgan fingerprint density at radius 2 is 2.29 bits per heavy atom. The molecule has 0 aromatic heterocycles. The highest BCUT2D eigenvalue weighted by Gasteiger charge is 1.81. The summed E-state index contributed by atoms with van der Waals surface area (Å²) >= 11 is 0. The van der Waals surface area contributed by atoms with Gasteiger partial charge in [-0.25, -0.2) is 0 Å². The first kappa shape index (κ1) is 9.87. The first-order chi connectivity index (χ1) is 2.81. The molecular weight excluding hydrogens is 115 g/mol. The Kier molecular flexibility index (Phi) is 8.06. The fourth-order valence-corrected chi connectivity index (χ4v) is 0.0833. The SMILES string of the molecule is COC(=N)CN.Cl. The zero-order valence-corrected chi connectivity index (χ0v) is 4.92. The van der Waals surface area contributed by atoms with Gasteiger partial charge in [0.15, 0.2) is 5.90 Å². The number of nitrogens with two attached hydrogens (primary N) is 1. The molecule has 0 spiro atoms. The minimum atomic E-state index is 0. The van der Waals surface area contributed by atoms with E-state index in [0.717, 1.165) is 0 Å². The number of nitrogens with one attached hydrogen (secondary N) is 1. The second-order valence-corrected chi connectivity index (χ2v) is 0.831. The molecule has 0 rings (SSSR count). The Bertz CT molecular complexity index is 50.9. The van der Waals surface area contributed by atoms with E-state index in [4.69, 9.17) is 11.1 Å². The number of rotatable bonds is 1. The van der Waals surface area contributed by atoms with Crippen LogP contribution in [-0.2, 0) is 4.74 Å². The van der Waals surface area contributed by atoms with Crippen LogP contribution in [0, 0.1) is 5.41 Å². The maximum Gasteiger partial charge on any atom is 0.194 e. The third-order valence-electron chi connectivity index (χ3n) is 0.432. The summed E-state index contributed by atoms with van der Waals surface area (Å²) in [5.74, 6) is 0.120. The molecule has 3 nitrogen and oxygen atoms in total. The Morgan fingerprint density at radius 3 is 2.29 bits per heavy atom. The summed E-state index contributed by atoms with van der Waals surface area (Å²) in [5.41, 5.74) is 4.93. The zero-order valence-electron chi connectivity index (χ0n) is 4.10. The lowest BCUT2D eigenvalue weighted by molar-refractivity contribution is 0.392. The summed E-state index contributed by atoms with van der Waals surface area (Å²) in [6, 6.07) is 0. The lowest BCUT2D eigenvalue weighted by Crippen LogP contribution is -2.13. The molecule has 0 fully saturated rings. The molecule has 0 aliphatic heterocycles. The van der Waals surface area contributed by atoms with E-state index < -0.39 is 0 Å². The Balaban J connectivity index is 0. The molecule has 0 aliphatic rings. The van der Waals surface area contributed by atoms with Gasteiger partial charge in [0.1, 0.15) is 0 Å². The summed E-state index contributed by atoms with van der Waals surface area (Å²) in [6.07, 6.45) is 0. The second kappa shape index (κ2) is 5.72. The van der Waals surface area contributed by atoms with E-state index in [0.29, 0.717) is 0 Å². The third kappa shape index (κ3) is 5.72. The first-order valence-corrected chi connectivity index (χ1v) is 1.62. The Morgan fingerprint density at radius 1 is 1.86 bits per heavy atom. The van der Waals surface area contributed by atoms with Crippen molar-refractivity contribution in [1.82, 2.24) is 0 Å². The van der Waals surface area contributed by atoms with Gasteiger partial charge in [-0.15, -0.1) is 12.4 Å². The van der Waals surface area contributed by atoms with Crippen molar-refractivity contribution in [1.29, 1.82) is 5.41 Å². The van der Waals surface area contributed by atoms with Crippen molar-refractivity contribution < 1.29 is 4.74 Å². The van der Waals surface area contributed by atoms with E-state index in [1.54, 1.807) is 0 Å². The Hall–Kier alpha value is -0.280. The van der Waals surface area contributed by atoms with Crippen molar-refractivity contribution in [2.75, 3.05) is 13.7 Å². The standard InChI is InChI=1S/C3H8N2O.ClH/c1-6-3(5)2-4;/h5H,2,4H2,1H3;1H. The van der Waals surface area contributed by atoms with Gasteiger partial charge in [0.05, 0.1) is 13.7 Å². The zero-order chi connectivity index (χ0) is 4.99. The van der Waals surface area contributed by atoms with Crippen LogP contribution in [-0.4, -0.2) is 19.6 Å². The highest BCUT2D eigenvalue weighted by Crippen LogP contribution is 1.62. The van der Waals surface area contributed by atoms with E-state index in [1.807, 2.05) is 0 Å². The summed E-state index contributed by atoms with van der Waals surface area (Å²) < 4.78 is 4.36.